The molecule has 19 heavy (non-hydrogen) atoms. The Morgan fingerprint density at radius 2 is 2.11 bits per heavy atom. The van der Waals surface area contributed by atoms with Crippen LogP contribution in [-0.4, -0.2) is 47.4 Å². The van der Waals surface area contributed by atoms with E-state index in [1.165, 1.54) is 0 Å². The fraction of sp³-hybridized carbons (Fsp3) is 0.786. The van der Waals surface area contributed by atoms with Gasteiger partial charge in [-0.05, 0) is 26.0 Å². The summed E-state index contributed by atoms with van der Waals surface area (Å²) in [4.78, 5) is 2.18. The second-order valence-electron chi connectivity index (χ2n) is 5.01. The van der Waals surface area contributed by atoms with Crippen LogP contribution in [0.4, 0.5) is 0 Å². The van der Waals surface area contributed by atoms with E-state index in [-0.39, 0.29) is 5.38 Å². The van der Waals surface area contributed by atoms with Crippen molar-refractivity contribution in [1.29, 1.82) is 0 Å². The third kappa shape index (κ3) is 5.51. The highest BCUT2D eigenvalue weighted by molar-refractivity contribution is 6.20. The Balaban J connectivity index is 2.48. The molecule has 0 saturated carbocycles. The van der Waals surface area contributed by atoms with Crippen molar-refractivity contribution < 1.29 is 4.74 Å². The largest absolute Gasteiger partial charge is 0.383 e. The summed E-state index contributed by atoms with van der Waals surface area (Å²) in [5.74, 6) is 0. The maximum atomic E-state index is 6.15. The Morgan fingerprint density at radius 1 is 1.42 bits per heavy atom. The van der Waals surface area contributed by atoms with E-state index in [1.807, 2.05) is 0 Å². The van der Waals surface area contributed by atoms with E-state index in [9.17, 15) is 0 Å². The maximum Gasteiger partial charge on any atom is 0.0764 e. The van der Waals surface area contributed by atoms with Gasteiger partial charge in [-0.1, -0.05) is 13.8 Å². The summed E-state index contributed by atoms with van der Waals surface area (Å²) in [5, 5.41) is 4.67. The predicted octanol–water partition coefficient (Wildman–Crippen LogP) is 2.93. The first-order valence-corrected chi connectivity index (χ1v) is 7.39. The van der Waals surface area contributed by atoms with Gasteiger partial charge in [0, 0.05) is 26.4 Å². The lowest BCUT2D eigenvalue weighted by molar-refractivity contribution is 0.181. The summed E-state index contributed by atoms with van der Waals surface area (Å²) in [7, 11) is 3.73. The zero-order valence-corrected chi connectivity index (χ0v) is 13.2. The SMILES string of the molecule is CCC(CC)n1ccc(CN(C)CC(Cl)COC)n1. The molecule has 0 aliphatic carbocycles. The molecule has 0 N–H and O–H groups in total. The van der Waals surface area contributed by atoms with Gasteiger partial charge in [0.2, 0.25) is 0 Å². The standard InChI is InChI=1S/C14H26ClN3O/c1-5-14(6-2)18-8-7-13(16-18)10-17(3)9-12(15)11-19-4/h7-8,12,14H,5-6,9-11H2,1-4H3. The highest BCUT2D eigenvalue weighted by Crippen LogP contribution is 2.15. The molecule has 0 saturated heterocycles. The van der Waals surface area contributed by atoms with Crippen LogP contribution in [0.15, 0.2) is 12.3 Å². The van der Waals surface area contributed by atoms with Gasteiger partial charge >= 0.3 is 0 Å². The molecular weight excluding hydrogens is 262 g/mol. The predicted molar refractivity (Wildman–Crippen MR) is 79.7 cm³/mol. The zero-order chi connectivity index (χ0) is 14.3. The van der Waals surface area contributed by atoms with Crippen molar-refractivity contribution in [2.45, 2.75) is 44.7 Å². The smallest absolute Gasteiger partial charge is 0.0764 e. The summed E-state index contributed by atoms with van der Waals surface area (Å²) in [6.45, 7) is 6.59. The molecule has 1 heterocycles. The normalized spacial score (nSPS) is 13.4. The van der Waals surface area contributed by atoms with Crippen molar-refractivity contribution in [2.24, 2.45) is 0 Å². The number of nitrogens with zero attached hydrogens (tertiary/aromatic N) is 3. The number of methoxy groups -OCH3 is 1. The summed E-state index contributed by atoms with van der Waals surface area (Å²) in [6.07, 6.45) is 4.31. The fourth-order valence-electron chi connectivity index (χ4n) is 2.24. The quantitative estimate of drug-likeness (QED) is 0.654. The van der Waals surface area contributed by atoms with Gasteiger partial charge in [-0.3, -0.25) is 9.58 Å². The Labute approximate surface area is 121 Å². The molecule has 1 rings (SSSR count). The lowest BCUT2D eigenvalue weighted by Crippen LogP contribution is -2.28. The van der Waals surface area contributed by atoms with Gasteiger partial charge in [-0.15, -0.1) is 11.6 Å². The molecule has 0 aliphatic heterocycles. The summed E-state index contributed by atoms with van der Waals surface area (Å²) < 4.78 is 7.12. The minimum atomic E-state index is 0.0242. The van der Waals surface area contributed by atoms with E-state index < -0.39 is 0 Å². The van der Waals surface area contributed by atoms with Gasteiger partial charge < -0.3 is 4.74 Å². The van der Waals surface area contributed by atoms with Crippen LogP contribution >= 0.6 is 11.6 Å². The first kappa shape index (κ1) is 16.5. The highest BCUT2D eigenvalue weighted by Gasteiger charge is 2.12. The number of aromatic nitrogens is 2. The van der Waals surface area contributed by atoms with Gasteiger partial charge in [-0.2, -0.15) is 5.10 Å². The van der Waals surface area contributed by atoms with Crippen LogP contribution in [0.25, 0.3) is 0 Å². The number of rotatable bonds is 9. The zero-order valence-electron chi connectivity index (χ0n) is 12.5. The minimum absolute atomic E-state index is 0.0242. The van der Waals surface area contributed by atoms with Crippen molar-refractivity contribution in [3.05, 3.63) is 18.0 Å². The van der Waals surface area contributed by atoms with E-state index >= 15 is 0 Å². The molecule has 0 fully saturated rings. The molecule has 1 aromatic rings. The van der Waals surface area contributed by atoms with E-state index in [1.54, 1.807) is 7.11 Å². The van der Waals surface area contributed by atoms with Crippen molar-refractivity contribution in [1.82, 2.24) is 14.7 Å². The minimum Gasteiger partial charge on any atom is -0.383 e. The highest BCUT2D eigenvalue weighted by atomic mass is 35.5. The molecule has 0 radical (unpaired) electrons. The molecule has 0 aromatic carbocycles. The van der Waals surface area contributed by atoms with Crippen molar-refractivity contribution >= 4 is 11.6 Å². The lowest BCUT2D eigenvalue weighted by atomic mass is 10.2. The number of halogens is 1. The molecule has 4 nitrogen and oxygen atoms in total. The molecule has 5 heteroatoms. The van der Waals surface area contributed by atoms with Gasteiger partial charge in [0.1, 0.15) is 0 Å². The molecule has 0 amide bonds. The molecule has 1 atom stereocenters. The van der Waals surface area contributed by atoms with Gasteiger partial charge in [0.15, 0.2) is 0 Å². The van der Waals surface area contributed by atoms with Crippen molar-refractivity contribution in [2.75, 3.05) is 27.3 Å². The fourth-order valence-corrected chi connectivity index (χ4v) is 2.60. The molecule has 0 bridgehead atoms. The van der Waals surface area contributed by atoms with Crippen LogP contribution in [0.5, 0.6) is 0 Å². The number of hydrogen-bond acceptors (Lipinski definition) is 3. The second kappa shape index (κ2) is 8.56. The first-order valence-electron chi connectivity index (χ1n) is 6.96. The Morgan fingerprint density at radius 3 is 2.68 bits per heavy atom. The molecule has 1 aromatic heterocycles. The van der Waals surface area contributed by atoms with Crippen LogP contribution in [0.3, 0.4) is 0 Å². The van der Waals surface area contributed by atoms with Crippen molar-refractivity contribution in [3.63, 3.8) is 0 Å². The molecule has 0 spiro atoms. The van der Waals surface area contributed by atoms with Crippen LogP contribution in [0.1, 0.15) is 38.4 Å². The first-order chi connectivity index (χ1) is 9.10. The summed E-state index contributed by atoms with van der Waals surface area (Å²) >= 11 is 6.15. The van der Waals surface area contributed by atoms with E-state index in [2.05, 4.69) is 47.8 Å². The van der Waals surface area contributed by atoms with Gasteiger partial charge in [0.25, 0.3) is 0 Å². The van der Waals surface area contributed by atoms with Crippen LogP contribution in [0.2, 0.25) is 0 Å². The van der Waals surface area contributed by atoms with E-state index in [0.29, 0.717) is 12.6 Å². The Bertz CT molecular complexity index is 352. The van der Waals surface area contributed by atoms with Crippen LogP contribution < -0.4 is 0 Å². The summed E-state index contributed by atoms with van der Waals surface area (Å²) in [6, 6.07) is 2.60. The number of hydrogen-bond donors (Lipinski definition) is 0. The van der Waals surface area contributed by atoms with Crippen molar-refractivity contribution in [3.8, 4) is 0 Å². The topological polar surface area (TPSA) is 30.3 Å². The van der Waals surface area contributed by atoms with Gasteiger partial charge in [-0.25, -0.2) is 0 Å². The lowest BCUT2D eigenvalue weighted by Gasteiger charge is -2.18. The average Bonchev–Trinajstić information content (AvgIpc) is 2.79. The average molecular weight is 288 g/mol. The molecule has 0 aliphatic rings. The molecule has 1 unspecified atom stereocenters. The number of ether oxygens (including phenoxy) is 1. The monoisotopic (exact) mass is 287 g/mol. The van der Waals surface area contributed by atoms with Crippen LogP contribution in [0, 0.1) is 0 Å². The van der Waals surface area contributed by atoms with Crippen LogP contribution in [-0.2, 0) is 11.3 Å². The Kier molecular flexibility index (Phi) is 7.42. The molecular formula is C14H26ClN3O. The molecule has 110 valence electrons. The summed E-state index contributed by atoms with van der Waals surface area (Å²) in [5.41, 5.74) is 1.09. The third-order valence-electron chi connectivity index (χ3n) is 3.27. The van der Waals surface area contributed by atoms with E-state index in [0.717, 1.165) is 31.6 Å². The van der Waals surface area contributed by atoms with Gasteiger partial charge in [0.05, 0.1) is 23.7 Å². The second-order valence-corrected chi connectivity index (χ2v) is 5.62. The Hall–Kier alpha value is -0.580. The third-order valence-corrected chi connectivity index (χ3v) is 3.53. The number of alkyl halides is 1. The van der Waals surface area contributed by atoms with E-state index in [4.69, 9.17) is 16.3 Å². The maximum absolute atomic E-state index is 6.15.